The van der Waals surface area contributed by atoms with Gasteiger partial charge in [-0.1, -0.05) is 34.1 Å². The molecule has 2 N–H and O–H groups in total. The van der Waals surface area contributed by atoms with Gasteiger partial charge in [0.2, 0.25) is 11.8 Å². The first-order chi connectivity index (χ1) is 11.1. The molecule has 23 heavy (non-hydrogen) atoms. The Morgan fingerprint density at radius 2 is 1.87 bits per heavy atom. The second-order valence-electron chi connectivity index (χ2n) is 5.02. The summed E-state index contributed by atoms with van der Waals surface area (Å²) in [5, 5.41) is 5.54. The van der Waals surface area contributed by atoms with E-state index in [2.05, 4.69) is 31.5 Å². The van der Waals surface area contributed by atoms with Gasteiger partial charge >= 0.3 is 0 Å². The molecule has 1 heterocycles. The summed E-state index contributed by atoms with van der Waals surface area (Å²) in [6, 6.07) is 13.1. The van der Waals surface area contributed by atoms with Gasteiger partial charge in [0, 0.05) is 30.1 Å². The number of amides is 2. The number of nitrogens with zero attached hydrogens (tertiary/aromatic N) is 1. The molecule has 0 saturated carbocycles. The summed E-state index contributed by atoms with van der Waals surface area (Å²) in [6.45, 7) is 0.485. The van der Waals surface area contributed by atoms with E-state index in [9.17, 15) is 9.59 Å². The largest absolute Gasteiger partial charge is 0.352 e. The summed E-state index contributed by atoms with van der Waals surface area (Å²) in [5.74, 6) is 0.329. The molecule has 0 fully saturated rings. The van der Waals surface area contributed by atoms with Crippen molar-refractivity contribution in [1.82, 2.24) is 10.3 Å². The lowest BCUT2D eigenvalue weighted by Gasteiger charge is -2.06. The van der Waals surface area contributed by atoms with Crippen LogP contribution in [0.5, 0.6) is 0 Å². The molecule has 0 aliphatic carbocycles. The van der Waals surface area contributed by atoms with E-state index in [-0.39, 0.29) is 11.8 Å². The van der Waals surface area contributed by atoms with Crippen molar-refractivity contribution in [3.05, 3.63) is 58.7 Å². The SMILES string of the molecule is O=C(CCCC(=O)Nc1ccccn1)NCc1cccc(Br)c1. The van der Waals surface area contributed by atoms with Crippen LogP contribution < -0.4 is 10.6 Å². The van der Waals surface area contributed by atoms with Crippen LogP contribution in [-0.2, 0) is 16.1 Å². The van der Waals surface area contributed by atoms with Gasteiger partial charge in [0.15, 0.2) is 0 Å². The zero-order chi connectivity index (χ0) is 16.5. The van der Waals surface area contributed by atoms with Crippen LogP contribution in [0.15, 0.2) is 53.1 Å². The van der Waals surface area contributed by atoms with Gasteiger partial charge in [0.05, 0.1) is 0 Å². The third-order valence-electron chi connectivity index (χ3n) is 3.12. The van der Waals surface area contributed by atoms with Gasteiger partial charge in [-0.25, -0.2) is 4.98 Å². The summed E-state index contributed by atoms with van der Waals surface area (Å²) in [4.78, 5) is 27.5. The highest BCUT2D eigenvalue weighted by Gasteiger charge is 2.06. The Labute approximate surface area is 143 Å². The molecule has 0 saturated heterocycles. The highest BCUT2D eigenvalue weighted by Crippen LogP contribution is 2.11. The van der Waals surface area contributed by atoms with Gasteiger partial charge in [-0.3, -0.25) is 9.59 Å². The maximum absolute atomic E-state index is 11.8. The Kier molecular flexibility index (Phi) is 6.75. The molecule has 2 aromatic rings. The lowest BCUT2D eigenvalue weighted by Crippen LogP contribution is -2.23. The fourth-order valence-electron chi connectivity index (χ4n) is 1.99. The summed E-state index contributed by atoms with van der Waals surface area (Å²) < 4.78 is 0.982. The molecular formula is C17H18BrN3O2. The van der Waals surface area contributed by atoms with Crippen molar-refractivity contribution in [1.29, 1.82) is 0 Å². The Hall–Kier alpha value is -2.21. The zero-order valence-electron chi connectivity index (χ0n) is 12.6. The Morgan fingerprint density at radius 3 is 2.61 bits per heavy atom. The fourth-order valence-corrected chi connectivity index (χ4v) is 2.43. The van der Waals surface area contributed by atoms with Crippen molar-refractivity contribution < 1.29 is 9.59 Å². The van der Waals surface area contributed by atoms with Crippen molar-refractivity contribution in [2.45, 2.75) is 25.8 Å². The zero-order valence-corrected chi connectivity index (χ0v) is 14.2. The molecule has 0 aliphatic rings. The normalized spacial score (nSPS) is 10.1. The molecule has 1 aromatic heterocycles. The van der Waals surface area contributed by atoms with Crippen molar-refractivity contribution in [2.24, 2.45) is 0 Å². The molecule has 0 bridgehead atoms. The van der Waals surface area contributed by atoms with Gasteiger partial charge in [0.25, 0.3) is 0 Å². The molecule has 0 aliphatic heterocycles. The molecule has 1 aromatic carbocycles. The number of aromatic nitrogens is 1. The lowest BCUT2D eigenvalue weighted by molar-refractivity contribution is -0.121. The van der Waals surface area contributed by atoms with Crippen LogP contribution in [-0.4, -0.2) is 16.8 Å². The van der Waals surface area contributed by atoms with Gasteiger partial charge < -0.3 is 10.6 Å². The van der Waals surface area contributed by atoms with Crippen LogP contribution in [0.25, 0.3) is 0 Å². The Bertz CT molecular complexity index is 662. The van der Waals surface area contributed by atoms with Gasteiger partial charge in [-0.15, -0.1) is 0 Å². The second-order valence-corrected chi connectivity index (χ2v) is 5.94. The van der Waals surface area contributed by atoms with Crippen LogP contribution in [0.1, 0.15) is 24.8 Å². The van der Waals surface area contributed by atoms with Gasteiger partial charge in [-0.05, 0) is 36.2 Å². The molecule has 2 amide bonds. The summed E-state index contributed by atoms with van der Waals surface area (Å²) in [5.41, 5.74) is 1.03. The minimum Gasteiger partial charge on any atom is -0.352 e. The maximum Gasteiger partial charge on any atom is 0.225 e. The summed E-state index contributed by atoms with van der Waals surface area (Å²) in [7, 11) is 0. The van der Waals surface area contributed by atoms with E-state index >= 15 is 0 Å². The standard InChI is InChI=1S/C17H18BrN3O2/c18-14-6-3-5-13(11-14)12-20-16(22)8-4-9-17(23)21-15-7-1-2-10-19-15/h1-3,5-7,10-11H,4,8-9,12H2,(H,20,22)(H,19,21,23). The molecule has 2 rings (SSSR count). The van der Waals surface area contributed by atoms with Crippen LogP contribution >= 0.6 is 15.9 Å². The van der Waals surface area contributed by atoms with Gasteiger partial charge in [-0.2, -0.15) is 0 Å². The van der Waals surface area contributed by atoms with Crippen LogP contribution in [0.2, 0.25) is 0 Å². The summed E-state index contributed by atoms with van der Waals surface area (Å²) in [6.07, 6.45) is 2.73. The number of pyridine rings is 1. The molecule has 0 atom stereocenters. The quantitative estimate of drug-likeness (QED) is 0.779. The van der Waals surface area contributed by atoms with E-state index in [1.54, 1.807) is 24.4 Å². The van der Waals surface area contributed by atoms with Crippen LogP contribution in [0.3, 0.4) is 0 Å². The number of anilines is 1. The molecule has 5 nitrogen and oxygen atoms in total. The topological polar surface area (TPSA) is 71.1 Å². The first-order valence-electron chi connectivity index (χ1n) is 7.35. The number of hydrogen-bond donors (Lipinski definition) is 2. The van der Waals surface area contributed by atoms with Crippen molar-refractivity contribution >= 4 is 33.6 Å². The molecule has 0 spiro atoms. The number of rotatable bonds is 7. The number of carbonyl (C=O) groups excluding carboxylic acids is 2. The average Bonchev–Trinajstić information content (AvgIpc) is 2.54. The Morgan fingerprint density at radius 1 is 1.04 bits per heavy atom. The second kappa shape index (κ2) is 9.05. The number of benzene rings is 1. The van der Waals surface area contributed by atoms with E-state index < -0.39 is 0 Å². The van der Waals surface area contributed by atoms with Crippen molar-refractivity contribution in [3.63, 3.8) is 0 Å². The van der Waals surface area contributed by atoms with E-state index in [0.29, 0.717) is 31.6 Å². The minimum atomic E-state index is -0.136. The predicted octanol–water partition coefficient (Wildman–Crippen LogP) is 3.27. The number of carbonyl (C=O) groups is 2. The minimum absolute atomic E-state index is 0.0596. The van der Waals surface area contributed by atoms with Gasteiger partial charge in [0.1, 0.15) is 5.82 Å². The van der Waals surface area contributed by atoms with Crippen molar-refractivity contribution in [2.75, 3.05) is 5.32 Å². The number of halogens is 1. The number of nitrogens with one attached hydrogen (secondary N) is 2. The van der Waals surface area contributed by atoms with Crippen molar-refractivity contribution in [3.8, 4) is 0 Å². The molecule has 0 unspecified atom stereocenters. The third kappa shape index (κ3) is 6.61. The Balaban J connectivity index is 1.63. The molecular weight excluding hydrogens is 358 g/mol. The average molecular weight is 376 g/mol. The predicted molar refractivity (Wildman–Crippen MR) is 92.7 cm³/mol. The maximum atomic E-state index is 11.8. The van der Waals surface area contributed by atoms with E-state index in [1.165, 1.54) is 0 Å². The fraction of sp³-hybridized carbons (Fsp3) is 0.235. The van der Waals surface area contributed by atoms with Crippen LogP contribution in [0.4, 0.5) is 5.82 Å². The first kappa shape index (κ1) is 17.1. The molecule has 6 heteroatoms. The highest BCUT2D eigenvalue weighted by atomic mass is 79.9. The number of hydrogen-bond acceptors (Lipinski definition) is 3. The molecule has 0 radical (unpaired) electrons. The third-order valence-corrected chi connectivity index (χ3v) is 3.61. The van der Waals surface area contributed by atoms with Crippen LogP contribution in [0, 0.1) is 0 Å². The summed E-state index contributed by atoms with van der Waals surface area (Å²) >= 11 is 3.39. The van der Waals surface area contributed by atoms with E-state index in [1.807, 2.05) is 24.3 Å². The van der Waals surface area contributed by atoms with E-state index in [4.69, 9.17) is 0 Å². The molecule has 120 valence electrons. The smallest absolute Gasteiger partial charge is 0.225 e. The van der Waals surface area contributed by atoms with E-state index in [0.717, 1.165) is 10.0 Å². The first-order valence-corrected chi connectivity index (χ1v) is 8.15. The highest BCUT2D eigenvalue weighted by molar-refractivity contribution is 9.10. The lowest BCUT2D eigenvalue weighted by atomic mass is 10.2. The monoisotopic (exact) mass is 375 g/mol.